The summed E-state index contributed by atoms with van der Waals surface area (Å²) in [7, 11) is 0. The Hall–Kier alpha value is -2.36. The van der Waals surface area contributed by atoms with Crippen molar-refractivity contribution in [3.8, 4) is 0 Å². The van der Waals surface area contributed by atoms with Gasteiger partial charge in [0, 0.05) is 18.8 Å². The van der Waals surface area contributed by atoms with Crippen molar-refractivity contribution in [3.05, 3.63) is 55.6 Å². The van der Waals surface area contributed by atoms with Gasteiger partial charge in [0.15, 0.2) is 0 Å². The molecule has 94 valence electrons. The molecule has 1 N–H and O–H groups in total. The molecular weight excluding hydrogens is 228 g/mol. The van der Waals surface area contributed by atoms with E-state index in [0.717, 1.165) is 5.69 Å². The van der Waals surface area contributed by atoms with E-state index in [2.05, 4.69) is 18.5 Å². The number of amides is 2. The van der Waals surface area contributed by atoms with Crippen LogP contribution in [0.5, 0.6) is 0 Å². The van der Waals surface area contributed by atoms with Crippen molar-refractivity contribution in [2.45, 2.75) is 0 Å². The number of carbonyl (C=O) groups excluding carboxylic acids is 2. The lowest BCUT2D eigenvalue weighted by atomic mass is 10.2. The monoisotopic (exact) mass is 244 g/mol. The van der Waals surface area contributed by atoms with Crippen molar-refractivity contribution in [1.29, 1.82) is 0 Å². The molecule has 0 saturated heterocycles. The molecular formula is C14H16N2O2. The Bertz CT molecular complexity index is 440. The Labute approximate surface area is 107 Å². The molecule has 2 amide bonds. The zero-order valence-electron chi connectivity index (χ0n) is 10.1. The molecule has 1 aromatic carbocycles. The van der Waals surface area contributed by atoms with Crippen LogP contribution in [0.3, 0.4) is 0 Å². The summed E-state index contributed by atoms with van der Waals surface area (Å²) in [5, 5.41) is 2.63. The van der Waals surface area contributed by atoms with Crippen LogP contribution in [0.25, 0.3) is 0 Å². The lowest BCUT2D eigenvalue weighted by Crippen LogP contribution is -2.37. The molecule has 0 aromatic heterocycles. The van der Waals surface area contributed by atoms with E-state index >= 15 is 0 Å². The molecule has 0 heterocycles. The van der Waals surface area contributed by atoms with Gasteiger partial charge in [-0.05, 0) is 24.3 Å². The molecule has 4 heteroatoms. The van der Waals surface area contributed by atoms with E-state index in [1.54, 1.807) is 4.90 Å². The first-order valence-corrected chi connectivity index (χ1v) is 5.58. The van der Waals surface area contributed by atoms with E-state index in [-0.39, 0.29) is 11.8 Å². The zero-order valence-corrected chi connectivity index (χ0v) is 10.1. The predicted molar refractivity (Wildman–Crippen MR) is 72.2 cm³/mol. The van der Waals surface area contributed by atoms with Gasteiger partial charge in [-0.25, -0.2) is 0 Å². The maximum Gasteiger partial charge on any atom is 0.250 e. The largest absolute Gasteiger partial charge is 0.351 e. The number of hydrogen-bond donors (Lipinski definition) is 1. The Morgan fingerprint density at radius 1 is 1.17 bits per heavy atom. The molecule has 18 heavy (non-hydrogen) atoms. The summed E-state index contributed by atoms with van der Waals surface area (Å²) in [5.74, 6) is -0.455. The van der Waals surface area contributed by atoms with Crippen molar-refractivity contribution in [2.24, 2.45) is 0 Å². The van der Waals surface area contributed by atoms with Crippen LogP contribution < -0.4 is 10.2 Å². The second-order valence-corrected chi connectivity index (χ2v) is 3.52. The van der Waals surface area contributed by atoms with E-state index in [9.17, 15) is 9.59 Å². The summed E-state index contributed by atoms with van der Waals surface area (Å²) in [6.07, 6.45) is 2.45. The summed E-state index contributed by atoms with van der Waals surface area (Å²) in [4.78, 5) is 24.3. The minimum absolute atomic E-state index is 0.200. The molecule has 1 aromatic rings. The van der Waals surface area contributed by atoms with Gasteiger partial charge in [-0.2, -0.15) is 0 Å². The van der Waals surface area contributed by atoms with Crippen LogP contribution in [0.15, 0.2) is 55.6 Å². The number of benzene rings is 1. The van der Waals surface area contributed by atoms with E-state index < -0.39 is 0 Å². The molecule has 0 aliphatic rings. The summed E-state index contributed by atoms with van der Waals surface area (Å²) in [6, 6.07) is 9.23. The molecule has 0 fully saturated rings. The van der Waals surface area contributed by atoms with Gasteiger partial charge in [-0.1, -0.05) is 31.4 Å². The van der Waals surface area contributed by atoms with Crippen molar-refractivity contribution in [3.63, 3.8) is 0 Å². The predicted octanol–water partition coefficient (Wildman–Crippen LogP) is 1.51. The van der Waals surface area contributed by atoms with Crippen molar-refractivity contribution in [1.82, 2.24) is 5.32 Å². The number of hydrogen-bond acceptors (Lipinski definition) is 2. The first-order chi connectivity index (χ1) is 8.69. The van der Waals surface area contributed by atoms with Crippen molar-refractivity contribution < 1.29 is 9.59 Å². The standard InChI is InChI=1S/C14H16N2O2/c1-3-13(17)15-10-11-16(14(18)4-2)12-8-6-5-7-9-12/h3-9H,1-2,10-11H2,(H,15,17). The second kappa shape index (κ2) is 7.06. The van der Waals surface area contributed by atoms with Crippen LogP contribution in [0.2, 0.25) is 0 Å². The molecule has 0 aliphatic heterocycles. The average molecular weight is 244 g/mol. The molecule has 0 atom stereocenters. The van der Waals surface area contributed by atoms with Crippen LogP contribution in [-0.2, 0) is 9.59 Å². The number of para-hydroxylation sites is 1. The Morgan fingerprint density at radius 3 is 2.39 bits per heavy atom. The summed E-state index contributed by atoms with van der Waals surface area (Å²) in [6.45, 7) is 7.57. The molecule has 4 nitrogen and oxygen atoms in total. The van der Waals surface area contributed by atoms with Gasteiger partial charge in [0.1, 0.15) is 0 Å². The fourth-order valence-electron chi connectivity index (χ4n) is 1.45. The summed E-state index contributed by atoms with van der Waals surface area (Å²) in [5.41, 5.74) is 0.773. The topological polar surface area (TPSA) is 49.4 Å². The molecule has 0 saturated carbocycles. The second-order valence-electron chi connectivity index (χ2n) is 3.52. The van der Waals surface area contributed by atoms with E-state index in [1.807, 2.05) is 30.3 Å². The normalized spacial score (nSPS) is 9.33. The van der Waals surface area contributed by atoms with Crippen molar-refractivity contribution >= 4 is 17.5 Å². The van der Waals surface area contributed by atoms with E-state index in [4.69, 9.17) is 0 Å². The highest BCUT2D eigenvalue weighted by Crippen LogP contribution is 2.12. The highest BCUT2D eigenvalue weighted by atomic mass is 16.2. The van der Waals surface area contributed by atoms with Crippen LogP contribution in [0.4, 0.5) is 5.69 Å². The molecule has 0 bridgehead atoms. The maximum absolute atomic E-state index is 11.7. The smallest absolute Gasteiger partial charge is 0.250 e. The number of anilines is 1. The van der Waals surface area contributed by atoms with Crippen LogP contribution in [0.1, 0.15) is 0 Å². The first-order valence-electron chi connectivity index (χ1n) is 5.58. The van der Waals surface area contributed by atoms with Gasteiger partial charge in [-0.15, -0.1) is 0 Å². The van der Waals surface area contributed by atoms with E-state index in [1.165, 1.54) is 12.2 Å². The van der Waals surface area contributed by atoms with Crippen LogP contribution in [-0.4, -0.2) is 24.9 Å². The lowest BCUT2D eigenvalue weighted by molar-refractivity contribution is -0.117. The third-order valence-electron chi connectivity index (χ3n) is 2.33. The highest BCUT2D eigenvalue weighted by molar-refractivity contribution is 6.01. The highest BCUT2D eigenvalue weighted by Gasteiger charge is 2.11. The first kappa shape index (κ1) is 13.7. The Balaban J connectivity index is 2.68. The molecule has 0 radical (unpaired) electrons. The number of carbonyl (C=O) groups is 2. The van der Waals surface area contributed by atoms with Gasteiger partial charge in [0.05, 0.1) is 0 Å². The molecule has 1 rings (SSSR count). The zero-order chi connectivity index (χ0) is 13.4. The average Bonchev–Trinajstić information content (AvgIpc) is 2.43. The van der Waals surface area contributed by atoms with Gasteiger partial charge in [0.2, 0.25) is 11.8 Å². The van der Waals surface area contributed by atoms with Crippen LogP contribution in [0, 0.1) is 0 Å². The minimum atomic E-state index is -0.255. The molecule has 0 aliphatic carbocycles. The van der Waals surface area contributed by atoms with Crippen LogP contribution >= 0.6 is 0 Å². The van der Waals surface area contributed by atoms with Gasteiger partial charge >= 0.3 is 0 Å². The van der Waals surface area contributed by atoms with Gasteiger partial charge < -0.3 is 10.2 Å². The van der Waals surface area contributed by atoms with Crippen molar-refractivity contribution in [2.75, 3.05) is 18.0 Å². The van der Waals surface area contributed by atoms with Gasteiger partial charge in [-0.3, -0.25) is 9.59 Å². The number of nitrogens with zero attached hydrogens (tertiary/aromatic N) is 1. The fraction of sp³-hybridized carbons (Fsp3) is 0.143. The number of nitrogens with one attached hydrogen (secondary N) is 1. The third kappa shape index (κ3) is 3.90. The Kier molecular flexibility index (Phi) is 5.38. The molecule has 0 unspecified atom stereocenters. The van der Waals surface area contributed by atoms with E-state index in [0.29, 0.717) is 13.1 Å². The quantitative estimate of drug-likeness (QED) is 0.771. The maximum atomic E-state index is 11.7. The summed E-state index contributed by atoms with van der Waals surface area (Å²) < 4.78 is 0. The Morgan fingerprint density at radius 2 is 1.83 bits per heavy atom. The summed E-state index contributed by atoms with van der Waals surface area (Å²) >= 11 is 0. The van der Waals surface area contributed by atoms with Gasteiger partial charge in [0.25, 0.3) is 0 Å². The molecule has 0 spiro atoms. The third-order valence-corrected chi connectivity index (χ3v) is 2.33. The lowest BCUT2D eigenvalue weighted by Gasteiger charge is -2.21. The number of rotatable bonds is 6. The minimum Gasteiger partial charge on any atom is -0.351 e. The SMILES string of the molecule is C=CC(=O)NCCN(C(=O)C=C)c1ccccc1. The fourth-order valence-corrected chi connectivity index (χ4v) is 1.45.